The van der Waals surface area contributed by atoms with E-state index in [9.17, 15) is 18.3 Å². The fraction of sp³-hybridized carbons (Fsp3) is 0.625. The highest BCUT2D eigenvalue weighted by atomic mass is 19.4. The summed E-state index contributed by atoms with van der Waals surface area (Å²) in [5, 5.41) is 10.5. The zero-order valence-corrected chi connectivity index (χ0v) is 12.1. The average Bonchev–Trinajstić information content (AvgIpc) is 2.66. The summed E-state index contributed by atoms with van der Waals surface area (Å²) >= 11 is 0. The SMILES string of the molecule is Cc1cc(C(F)(F)F)ccc1C(O)C1CCCC1(C)C. The van der Waals surface area contributed by atoms with E-state index in [2.05, 4.69) is 13.8 Å². The van der Waals surface area contributed by atoms with Crippen LogP contribution >= 0.6 is 0 Å². The lowest BCUT2D eigenvalue weighted by Crippen LogP contribution is -2.24. The van der Waals surface area contributed by atoms with E-state index in [1.807, 2.05) is 0 Å². The summed E-state index contributed by atoms with van der Waals surface area (Å²) in [5.74, 6) is 0.109. The first-order valence-electron chi connectivity index (χ1n) is 6.99. The molecule has 2 rings (SSSR count). The Labute approximate surface area is 117 Å². The van der Waals surface area contributed by atoms with Crippen molar-refractivity contribution >= 4 is 0 Å². The maximum absolute atomic E-state index is 12.7. The van der Waals surface area contributed by atoms with E-state index in [0.717, 1.165) is 31.4 Å². The molecule has 2 atom stereocenters. The minimum Gasteiger partial charge on any atom is -0.388 e. The summed E-state index contributed by atoms with van der Waals surface area (Å²) in [4.78, 5) is 0. The molecular weight excluding hydrogens is 265 g/mol. The van der Waals surface area contributed by atoms with Gasteiger partial charge in [-0.1, -0.05) is 26.3 Å². The standard InChI is InChI=1S/C16H21F3O/c1-10-9-11(16(17,18)19)6-7-12(10)14(20)13-5-4-8-15(13,2)3/h6-7,9,13-14,20H,4-5,8H2,1-3H3. The van der Waals surface area contributed by atoms with Gasteiger partial charge in [0.15, 0.2) is 0 Å². The largest absolute Gasteiger partial charge is 0.416 e. The minimum absolute atomic E-state index is 0.0363. The highest BCUT2D eigenvalue weighted by molar-refractivity contribution is 5.34. The minimum atomic E-state index is -4.33. The Morgan fingerprint density at radius 3 is 2.40 bits per heavy atom. The van der Waals surface area contributed by atoms with Crippen LogP contribution in [0.15, 0.2) is 18.2 Å². The zero-order valence-electron chi connectivity index (χ0n) is 12.1. The van der Waals surface area contributed by atoms with Crippen LogP contribution in [0.1, 0.15) is 55.9 Å². The third-order valence-corrected chi connectivity index (χ3v) is 4.64. The summed E-state index contributed by atoms with van der Waals surface area (Å²) in [5.41, 5.74) is 0.513. The van der Waals surface area contributed by atoms with Crippen molar-refractivity contribution in [1.82, 2.24) is 0 Å². The summed E-state index contributed by atoms with van der Waals surface area (Å²) in [7, 11) is 0. The molecule has 1 aliphatic rings. The van der Waals surface area contributed by atoms with Gasteiger partial charge < -0.3 is 5.11 Å². The third kappa shape index (κ3) is 2.85. The second kappa shape index (κ2) is 5.06. The van der Waals surface area contributed by atoms with E-state index in [1.165, 1.54) is 6.07 Å². The molecule has 0 saturated heterocycles. The quantitative estimate of drug-likeness (QED) is 0.822. The van der Waals surface area contributed by atoms with E-state index < -0.39 is 17.8 Å². The van der Waals surface area contributed by atoms with Crippen LogP contribution in [0, 0.1) is 18.3 Å². The maximum Gasteiger partial charge on any atom is 0.416 e. The molecule has 0 aromatic heterocycles. The predicted molar refractivity (Wildman–Crippen MR) is 72.3 cm³/mol. The highest BCUT2D eigenvalue weighted by Crippen LogP contribution is 2.49. The molecule has 1 nitrogen and oxygen atoms in total. The Balaban J connectivity index is 2.30. The molecule has 1 aliphatic carbocycles. The van der Waals surface area contributed by atoms with E-state index in [4.69, 9.17) is 0 Å². The van der Waals surface area contributed by atoms with Gasteiger partial charge >= 0.3 is 6.18 Å². The first kappa shape index (κ1) is 15.4. The normalized spacial score (nSPS) is 23.9. The Hall–Kier alpha value is -1.03. The van der Waals surface area contributed by atoms with Crippen LogP contribution < -0.4 is 0 Å². The first-order valence-corrected chi connectivity index (χ1v) is 6.99. The van der Waals surface area contributed by atoms with Crippen molar-refractivity contribution in [3.63, 3.8) is 0 Å². The van der Waals surface area contributed by atoms with Gasteiger partial charge in [-0.3, -0.25) is 0 Å². The molecule has 1 aromatic carbocycles. The number of hydrogen-bond donors (Lipinski definition) is 1. The van der Waals surface area contributed by atoms with Crippen LogP contribution in [-0.2, 0) is 6.18 Å². The number of halogens is 3. The van der Waals surface area contributed by atoms with Gasteiger partial charge in [0.2, 0.25) is 0 Å². The number of hydrogen-bond acceptors (Lipinski definition) is 1. The number of alkyl halides is 3. The molecule has 1 aromatic rings. The molecule has 0 spiro atoms. The van der Waals surface area contributed by atoms with Gasteiger partial charge in [-0.15, -0.1) is 0 Å². The topological polar surface area (TPSA) is 20.2 Å². The highest BCUT2D eigenvalue weighted by Gasteiger charge is 2.40. The molecule has 20 heavy (non-hydrogen) atoms. The molecular formula is C16H21F3O. The van der Waals surface area contributed by atoms with Crippen LogP contribution in [0.4, 0.5) is 13.2 Å². The molecule has 2 unspecified atom stereocenters. The van der Waals surface area contributed by atoms with Crippen LogP contribution in [0.2, 0.25) is 0 Å². The first-order chi connectivity index (χ1) is 9.13. The molecule has 0 radical (unpaired) electrons. The fourth-order valence-electron chi connectivity index (χ4n) is 3.34. The lowest BCUT2D eigenvalue weighted by molar-refractivity contribution is -0.137. The van der Waals surface area contributed by atoms with E-state index in [1.54, 1.807) is 6.92 Å². The van der Waals surface area contributed by atoms with Gasteiger partial charge in [-0.25, -0.2) is 0 Å². The van der Waals surface area contributed by atoms with Crippen molar-refractivity contribution in [2.45, 2.75) is 52.3 Å². The second-order valence-electron chi connectivity index (χ2n) is 6.50. The van der Waals surface area contributed by atoms with Crippen molar-refractivity contribution in [2.75, 3.05) is 0 Å². The summed E-state index contributed by atoms with van der Waals surface area (Å²) in [6.45, 7) is 5.87. The fourth-order valence-corrected chi connectivity index (χ4v) is 3.34. The lowest BCUT2D eigenvalue weighted by atomic mass is 9.76. The molecule has 0 amide bonds. The Morgan fingerprint density at radius 1 is 1.30 bits per heavy atom. The van der Waals surface area contributed by atoms with Gasteiger partial charge in [0.1, 0.15) is 0 Å². The van der Waals surface area contributed by atoms with Gasteiger partial charge in [0.25, 0.3) is 0 Å². The van der Waals surface area contributed by atoms with Crippen LogP contribution in [0.25, 0.3) is 0 Å². The van der Waals surface area contributed by atoms with Crippen molar-refractivity contribution in [3.05, 3.63) is 34.9 Å². The number of aliphatic hydroxyl groups excluding tert-OH is 1. The Kier molecular flexibility index (Phi) is 3.89. The molecule has 1 N–H and O–H groups in total. The number of benzene rings is 1. The average molecular weight is 286 g/mol. The van der Waals surface area contributed by atoms with Crippen LogP contribution in [-0.4, -0.2) is 5.11 Å². The molecule has 0 bridgehead atoms. The summed E-state index contributed by atoms with van der Waals surface area (Å²) < 4.78 is 38.0. The second-order valence-corrected chi connectivity index (χ2v) is 6.50. The summed E-state index contributed by atoms with van der Waals surface area (Å²) in [6.07, 6.45) is -1.98. The number of aryl methyl sites for hydroxylation is 1. The molecule has 4 heteroatoms. The zero-order chi connectivity index (χ0) is 15.1. The van der Waals surface area contributed by atoms with E-state index in [-0.39, 0.29) is 11.3 Å². The number of rotatable bonds is 2. The van der Waals surface area contributed by atoms with Gasteiger partial charge in [0, 0.05) is 0 Å². The Bertz CT molecular complexity index is 491. The molecule has 112 valence electrons. The third-order valence-electron chi connectivity index (χ3n) is 4.64. The summed E-state index contributed by atoms with van der Waals surface area (Å²) in [6, 6.07) is 3.62. The van der Waals surface area contributed by atoms with E-state index >= 15 is 0 Å². The maximum atomic E-state index is 12.7. The van der Waals surface area contributed by atoms with E-state index in [0.29, 0.717) is 11.1 Å². The van der Waals surface area contributed by atoms with Crippen LogP contribution in [0.3, 0.4) is 0 Å². The molecule has 1 saturated carbocycles. The van der Waals surface area contributed by atoms with Crippen molar-refractivity contribution in [3.8, 4) is 0 Å². The smallest absolute Gasteiger partial charge is 0.388 e. The lowest BCUT2D eigenvalue weighted by Gasteiger charge is -2.32. The predicted octanol–water partition coefficient (Wildman–Crippen LogP) is 4.87. The van der Waals surface area contributed by atoms with Crippen molar-refractivity contribution in [2.24, 2.45) is 11.3 Å². The Morgan fingerprint density at radius 2 is 1.95 bits per heavy atom. The van der Waals surface area contributed by atoms with Gasteiger partial charge in [-0.2, -0.15) is 13.2 Å². The number of aliphatic hydroxyl groups is 1. The molecule has 0 aliphatic heterocycles. The molecule has 0 heterocycles. The van der Waals surface area contributed by atoms with Crippen molar-refractivity contribution < 1.29 is 18.3 Å². The van der Waals surface area contributed by atoms with Gasteiger partial charge in [0.05, 0.1) is 11.7 Å². The van der Waals surface area contributed by atoms with Gasteiger partial charge in [-0.05, 0) is 54.4 Å². The monoisotopic (exact) mass is 286 g/mol. The van der Waals surface area contributed by atoms with Crippen LogP contribution in [0.5, 0.6) is 0 Å². The van der Waals surface area contributed by atoms with Crippen molar-refractivity contribution in [1.29, 1.82) is 0 Å². The molecule has 1 fully saturated rings.